The van der Waals surface area contributed by atoms with Crippen molar-refractivity contribution in [2.24, 2.45) is 5.92 Å². The van der Waals surface area contributed by atoms with Crippen LogP contribution in [-0.4, -0.2) is 41.5 Å². The number of aromatic nitrogens is 1. The van der Waals surface area contributed by atoms with Crippen molar-refractivity contribution in [3.63, 3.8) is 0 Å². The predicted molar refractivity (Wildman–Crippen MR) is 121 cm³/mol. The Hall–Kier alpha value is -2.93. The van der Waals surface area contributed by atoms with Gasteiger partial charge in [0.25, 0.3) is 0 Å². The molecule has 170 valence electrons. The number of aliphatic carboxylic acids is 1. The average Bonchev–Trinajstić information content (AvgIpc) is 3.32. The predicted octanol–water partition coefficient (Wildman–Crippen LogP) is 5.22. The number of nitrogens with one attached hydrogen (secondary N) is 1. The first-order valence-electron chi connectivity index (χ1n) is 11.4. The maximum absolute atomic E-state index is 11.9. The van der Waals surface area contributed by atoms with Crippen LogP contribution in [0.1, 0.15) is 56.4 Å². The summed E-state index contributed by atoms with van der Waals surface area (Å²) < 4.78 is 10.7. The molecular weight excluding hydrogens is 408 g/mol. The normalized spacial score (nSPS) is 22.9. The summed E-state index contributed by atoms with van der Waals surface area (Å²) in [4.78, 5) is 27.3. The third kappa shape index (κ3) is 6.07. The van der Waals surface area contributed by atoms with Crippen LogP contribution < -0.4 is 5.32 Å². The topological polar surface area (TPSA) is 97.8 Å². The van der Waals surface area contributed by atoms with E-state index < -0.39 is 12.1 Å². The lowest BCUT2D eigenvalue weighted by molar-refractivity contribution is -0.138. The molecular formula is C25H30N2O5. The summed E-state index contributed by atoms with van der Waals surface area (Å²) in [6, 6.07) is 12.1. The summed E-state index contributed by atoms with van der Waals surface area (Å²) in [5, 5.41) is 11.7. The molecule has 4 rings (SSSR count). The zero-order valence-corrected chi connectivity index (χ0v) is 18.2. The van der Waals surface area contributed by atoms with Crippen molar-refractivity contribution in [3.05, 3.63) is 48.2 Å². The molecule has 2 heterocycles. The molecule has 1 aliphatic carbocycles. The molecule has 2 aromatic rings. The molecule has 7 heteroatoms. The van der Waals surface area contributed by atoms with E-state index >= 15 is 0 Å². The van der Waals surface area contributed by atoms with E-state index in [2.05, 4.69) is 34.6 Å². The van der Waals surface area contributed by atoms with Crippen LogP contribution in [0.5, 0.6) is 0 Å². The molecule has 2 aliphatic rings. The number of hydrogen-bond donors (Lipinski definition) is 2. The summed E-state index contributed by atoms with van der Waals surface area (Å²) in [7, 11) is 0. The number of nitrogens with zero attached hydrogens (tertiary/aromatic N) is 1. The van der Waals surface area contributed by atoms with Gasteiger partial charge in [-0.05, 0) is 68.1 Å². The fourth-order valence-corrected chi connectivity index (χ4v) is 4.61. The molecule has 1 aromatic heterocycles. The smallest absolute Gasteiger partial charge is 0.411 e. The molecule has 1 atom stereocenters. The highest BCUT2D eigenvalue weighted by Gasteiger charge is 2.24. The minimum atomic E-state index is -0.693. The Labute approximate surface area is 188 Å². The summed E-state index contributed by atoms with van der Waals surface area (Å²) in [6.45, 7) is 1.00. The lowest BCUT2D eigenvalue weighted by atomic mass is 9.77. The summed E-state index contributed by atoms with van der Waals surface area (Å²) in [5.41, 5.74) is 3.73. The van der Waals surface area contributed by atoms with Gasteiger partial charge in [0.2, 0.25) is 0 Å². The summed E-state index contributed by atoms with van der Waals surface area (Å²) >= 11 is 0. The van der Waals surface area contributed by atoms with Crippen molar-refractivity contribution in [3.8, 4) is 11.3 Å². The number of carbonyl (C=O) groups excluding carboxylic acids is 1. The Morgan fingerprint density at radius 3 is 2.47 bits per heavy atom. The van der Waals surface area contributed by atoms with E-state index in [1.54, 1.807) is 6.20 Å². The highest BCUT2D eigenvalue weighted by atomic mass is 16.6. The Morgan fingerprint density at radius 1 is 1.06 bits per heavy atom. The molecule has 1 aliphatic heterocycles. The third-order valence-corrected chi connectivity index (χ3v) is 6.42. The van der Waals surface area contributed by atoms with Gasteiger partial charge in [-0.3, -0.25) is 15.1 Å². The molecule has 1 unspecified atom stereocenters. The molecule has 1 amide bonds. The fraction of sp³-hybridized carbons (Fsp3) is 0.480. The van der Waals surface area contributed by atoms with Crippen LogP contribution >= 0.6 is 0 Å². The second-order valence-electron chi connectivity index (χ2n) is 8.73. The van der Waals surface area contributed by atoms with E-state index in [9.17, 15) is 9.59 Å². The van der Waals surface area contributed by atoms with Crippen LogP contribution in [-0.2, 0) is 14.3 Å². The second kappa shape index (κ2) is 10.6. The maximum Gasteiger partial charge on any atom is 0.411 e. The van der Waals surface area contributed by atoms with Crippen LogP contribution in [0.25, 0.3) is 11.3 Å². The van der Waals surface area contributed by atoms with E-state index in [0.29, 0.717) is 17.5 Å². The van der Waals surface area contributed by atoms with E-state index in [4.69, 9.17) is 14.6 Å². The van der Waals surface area contributed by atoms with Gasteiger partial charge in [-0.2, -0.15) is 0 Å². The van der Waals surface area contributed by atoms with Crippen LogP contribution in [0.3, 0.4) is 0 Å². The number of amides is 1. The van der Waals surface area contributed by atoms with Gasteiger partial charge in [0, 0.05) is 18.6 Å². The highest BCUT2D eigenvalue weighted by molar-refractivity contribution is 5.84. The molecule has 1 saturated carbocycles. The first kappa shape index (κ1) is 22.3. The Morgan fingerprint density at radius 2 is 1.84 bits per heavy atom. The van der Waals surface area contributed by atoms with Gasteiger partial charge in [-0.15, -0.1) is 0 Å². The van der Waals surface area contributed by atoms with Crippen LogP contribution in [0, 0.1) is 5.92 Å². The summed E-state index contributed by atoms with van der Waals surface area (Å²) in [5.74, 6) is 0.115. The number of carbonyl (C=O) groups is 2. The average molecular weight is 439 g/mol. The zero-order valence-electron chi connectivity index (χ0n) is 18.2. The number of carboxylic acid groups (broad SMARTS) is 1. The van der Waals surface area contributed by atoms with Gasteiger partial charge in [0.1, 0.15) is 6.61 Å². The van der Waals surface area contributed by atoms with Gasteiger partial charge >= 0.3 is 12.1 Å². The fourth-order valence-electron chi connectivity index (χ4n) is 4.61. The Kier molecular flexibility index (Phi) is 7.37. The molecule has 2 N–H and O–H groups in total. The molecule has 1 aromatic carbocycles. The lowest BCUT2D eigenvalue weighted by Gasteiger charge is -2.28. The number of ether oxygens (including phenoxy) is 2. The molecule has 32 heavy (non-hydrogen) atoms. The monoisotopic (exact) mass is 438 g/mol. The Balaban J connectivity index is 1.27. The number of benzene rings is 1. The molecule has 0 radical (unpaired) electrons. The second-order valence-corrected chi connectivity index (χ2v) is 8.73. The van der Waals surface area contributed by atoms with Crippen molar-refractivity contribution in [2.75, 3.05) is 18.5 Å². The largest absolute Gasteiger partial charge is 0.481 e. The molecule has 0 spiro atoms. The SMILES string of the molecule is O=C(O)CC1CCC(c2ccc(-c3ccc(NC(=O)OCC4CCCO4)cn3)cc2)CC1. The molecule has 1 saturated heterocycles. The van der Waals surface area contributed by atoms with Crippen LogP contribution in [0.2, 0.25) is 0 Å². The zero-order chi connectivity index (χ0) is 22.3. The standard InChI is InChI=1S/C25H30N2O5/c28-24(29)14-17-3-5-18(6-4-17)19-7-9-20(10-8-19)23-12-11-21(15-26-23)27-25(30)32-16-22-2-1-13-31-22/h7-12,15,17-18,22H,1-6,13-14,16H2,(H,27,30)(H,28,29). The van der Waals surface area contributed by atoms with Crippen molar-refractivity contribution in [1.82, 2.24) is 4.98 Å². The highest BCUT2D eigenvalue weighted by Crippen LogP contribution is 2.37. The van der Waals surface area contributed by atoms with Gasteiger partial charge in [0.15, 0.2) is 0 Å². The molecule has 0 bridgehead atoms. The van der Waals surface area contributed by atoms with Crippen molar-refractivity contribution in [1.29, 1.82) is 0 Å². The molecule has 7 nitrogen and oxygen atoms in total. The molecule has 2 fully saturated rings. The van der Waals surface area contributed by atoms with Gasteiger partial charge in [-0.1, -0.05) is 24.3 Å². The number of hydrogen-bond acceptors (Lipinski definition) is 5. The van der Waals surface area contributed by atoms with Crippen LogP contribution in [0.4, 0.5) is 10.5 Å². The summed E-state index contributed by atoms with van der Waals surface area (Å²) in [6.07, 6.45) is 7.38. The third-order valence-electron chi connectivity index (χ3n) is 6.42. The first-order valence-corrected chi connectivity index (χ1v) is 11.4. The van der Waals surface area contributed by atoms with Crippen molar-refractivity contribution < 1.29 is 24.2 Å². The number of rotatable bonds is 7. The quantitative estimate of drug-likeness (QED) is 0.615. The minimum absolute atomic E-state index is 0.00371. The Bertz CT molecular complexity index is 899. The minimum Gasteiger partial charge on any atom is -0.481 e. The lowest BCUT2D eigenvalue weighted by Crippen LogP contribution is -2.21. The van der Waals surface area contributed by atoms with Crippen molar-refractivity contribution in [2.45, 2.75) is 57.0 Å². The van der Waals surface area contributed by atoms with E-state index in [0.717, 1.165) is 56.4 Å². The van der Waals surface area contributed by atoms with Gasteiger partial charge in [0.05, 0.1) is 23.7 Å². The van der Waals surface area contributed by atoms with Gasteiger partial charge in [-0.25, -0.2) is 4.79 Å². The van der Waals surface area contributed by atoms with E-state index in [1.165, 1.54) is 5.56 Å². The van der Waals surface area contributed by atoms with E-state index in [-0.39, 0.29) is 19.1 Å². The first-order chi connectivity index (χ1) is 15.6. The van der Waals surface area contributed by atoms with E-state index in [1.807, 2.05) is 12.1 Å². The van der Waals surface area contributed by atoms with Gasteiger partial charge < -0.3 is 14.6 Å². The maximum atomic E-state index is 11.9. The number of anilines is 1. The van der Waals surface area contributed by atoms with Crippen LogP contribution in [0.15, 0.2) is 42.6 Å². The van der Waals surface area contributed by atoms with Crippen molar-refractivity contribution >= 4 is 17.7 Å². The number of pyridine rings is 1. The number of carboxylic acids is 1.